The summed E-state index contributed by atoms with van der Waals surface area (Å²) in [4.78, 5) is 2.56. The Morgan fingerprint density at radius 1 is 1.20 bits per heavy atom. The first-order valence-corrected chi connectivity index (χ1v) is 7.86. The molecule has 1 saturated carbocycles. The first-order valence-electron chi connectivity index (χ1n) is 7.86. The smallest absolute Gasteiger partial charge is 0.0721 e. The molecule has 0 atom stereocenters. The number of piperazine rings is 1. The van der Waals surface area contributed by atoms with Gasteiger partial charge >= 0.3 is 0 Å². The average molecular weight is 274 g/mol. The van der Waals surface area contributed by atoms with Crippen LogP contribution in [0.15, 0.2) is 24.3 Å². The fourth-order valence-corrected chi connectivity index (χ4v) is 3.08. The molecule has 1 aromatic rings. The van der Waals surface area contributed by atoms with Gasteiger partial charge in [0.15, 0.2) is 0 Å². The molecule has 0 aromatic heterocycles. The van der Waals surface area contributed by atoms with Crippen LogP contribution < -0.4 is 5.32 Å². The van der Waals surface area contributed by atoms with Gasteiger partial charge in [0.2, 0.25) is 0 Å². The summed E-state index contributed by atoms with van der Waals surface area (Å²) in [6.07, 6.45) is 4.67. The molecule has 0 radical (unpaired) electrons. The van der Waals surface area contributed by atoms with E-state index >= 15 is 0 Å². The lowest BCUT2D eigenvalue weighted by Crippen LogP contribution is -2.44. The van der Waals surface area contributed by atoms with Gasteiger partial charge in [-0.15, -0.1) is 0 Å². The van der Waals surface area contributed by atoms with Crippen molar-refractivity contribution in [3.8, 4) is 0 Å². The molecule has 0 spiro atoms. The van der Waals surface area contributed by atoms with E-state index < -0.39 is 0 Å². The summed E-state index contributed by atoms with van der Waals surface area (Å²) in [7, 11) is 1.85. The molecule has 0 amide bonds. The number of nitrogens with one attached hydrogen (secondary N) is 1. The monoisotopic (exact) mass is 274 g/mol. The maximum atomic E-state index is 5.63. The van der Waals surface area contributed by atoms with Gasteiger partial charge in [0, 0.05) is 46.3 Å². The predicted octanol–water partition coefficient (Wildman–Crippen LogP) is 1.86. The minimum Gasteiger partial charge on any atom is -0.378 e. The predicted molar refractivity (Wildman–Crippen MR) is 82.1 cm³/mol. The second-order valence-electron chi connectivity index (χ2n) is 6.23. The molecule has 0 unspecified atom stereocenters. The number of benzene rings is 1. The molecule has 3 heteroatoms. The van der Waals surface area contributed by atoms with Crippen LogP contribution in [0.1, 0.15) is 24.0 Å². The van der Waals surface area contributed by atoms with E-state index in [1.165, 1.54) is 43.6 Å². The Morgan fingerprint density at radius 3 is 2.65 bits per heavy atom. The minimum atomic E-state index is 0.164. The Hall–Kier alpha value is -0.900. The molecule has 3 nitrogen and oxygen atoms in total. The van der Waals surface area contributed by atoms with Crippen LogP contribution in [-0.4, -0.2) is 50.3 Å². The molecule has 1 N–H and O–H groups in total. The molecule has 2 fully saturated rings. The SMILES string of the molecule is COC1(Cc2cccc(CCN3CCNCC3)c2)CC1. The number of nitrogens with zero attached hydrogens (tertiary/aromatic N) is 1. The van der Waals surface area contributed by atoms with Gasteiger partial charge < -0.3 is 15.0 Å². The number of ether oxygens (including phenoxy) is 1. The summed E-state index contributed by atoms with van der Waals surface area (Å²) < 4.78 is 5.63. The van der Waals surface area contributed by atoms with Crippen LogP contribution in [0, 0.1) is 0 Å². The fraction of sp³-hybridized carbons (Fsp3) is 0.647. The number of hydrogen-bond donors (Lipinski definition) is 1. The Morgan fingerprint density at radius 2 is 1.95 bits per heavy atom. The van der Waals surface area contributed by atoms with Crippen molar-refractivity contribution in [1.82, 2.24) is 10.2 Å². The van der Waals surface area contributed by atoms with E-state index in [-0.39, 0.29) is 5.60 Å². The summed E-state index contributed by atoms with van der Waals surface area (Å²) in [6, 6.07) is 9.08. The second kappa shape index (κ2) is 6.25. The molecular formula is C17H26N2O. The molecule has 0 bridgehead atoms. The molecule has 2 aliphatic rings. The van der Waals surface area contributed by atoms with Crippen molar-refractivity contribution in [2.24, 2.45) is 0 Å². The molecule has 1 aliphatic carbocycles. The van der Waals surface area contributed by atoms with Crippen LogP contribution in [0.3, 0.4) is 0 Å². The van der Waals surface area contributed by atoms with Crippen molar-refractivity contribution < 1.29 is 4.74 Å². The summed E-state index contributed by atoms with van der Waals surface area (Å²) in [5.74, 6) is 0. The van der Waals surface area contributed by atoms with Crippen LogP contribution in [0.5, 0.6) is 0 Å². The molecular weight excluding hydrogens is 248 g/mol. The van der Waals surface area contributed by atoms with Gasteiger partial charge in [0.25, 0.3) is 0 Å². The van der Waals surface area contributed by atoms with Gasteiger partial charge in [-0.25, -0.2) is 0 Å². The van der Waals surface area contributed by atoms with Crippen LogP contribution in [-0.2, 0) is 17.6 Å². The number of hydrogen-bond acceptors (Lipinski definition) is 3. The zero-order chi connectivity index (χ0) is 13.8. The van der Waals surface area contributed by atoms with Crippen molar-refractivity contribution in [3.05, 3.63) is 35.4 Å². The second-order valence-corrected chi connectivity index (χ2v) is 6.23. The Kier molecular flexibility index (Phi) is 4.39. The van der Waals surface area contributed by atoms with E-state index in [9.17, 15) is 0 Å². The van der Waals surface area contributed by atoms with E-state index in [1.54, 1.807) is 0 Å². The highest BCUT2D eigenvalue weighted by Gasteiger charge is 2.42. The van der Waals surface area contributed by atoms with E-state index in [1.807, 2.05) is 7.11 Å². The Bertz CT molecular complexity index is 436. The van der Waals surface area contributed by atoms with Gasteiger partial charge in [-0.3, -0.25) is 0 Å². The lowest BCUT2D eigenvalue weighted by atomic mass is 10.0. The van der Waals surface area contributed by atoms with E-state index in [0.29, 0.717) is 0 Å². The first-order chi connectivity index (χ1) is 9.80. The van der Waals surface area contributed by atoms with Gasteiger partial charge in [-0.05, 0) is 30.4 Å². The number of rotatable bonds is 6. The third-order valence-corrected chi connectivity index (χ3v) is 4.68. The molecule has 1 aromatic carbocycles. The Balaban J connectivity index is 1.54. The van der Waals surface area contributed by atoms with Crippen molar-refractivity contribution in [3.63, 3.8) is 0 Å². The third kappa shape index (κ3) is 3.60. The van der Waals surface area contributed by atoms with Crippen LogP contribution in [0.2, 0.25) is 0 Å². The highest BCUT2D eigenvalue weighted by Crippen LogP contribution is 2.41. The van der Waals surface area contributed by atoms with Crippen molar-refractivity contribution in [2.75, 3.05) is 39.8 Å². The minimum absolute atomic E-state index is 0.164. The zero-order valence-corrected chi connectivity index (χ0v) is 12.5. The lowest BCUT2D eigenvalue weighted by Gasteiger charge is -2.27. The molecule has 1 heterocycles. The van der Waals surface area contributed by atoms with Crippen LogP contribution in [0.4, 0.5) is 0 Å². The zero-order valence-electron chi connectivity index (χ0n) is 12.5. The van der Waals surface area contributed by atoms with E-state index in [0.717, 1.165) is 25.9 Å². The van der Waals surface area contributed by atoms with Crippen molar-refractivity contribution >= 4 is 0 Å². The molecule has 1 aliphatic heterocycles. The largest absolute Gasteiger partial charge is 0.378 e. The lowest BCUT2D eigenvalue weighted by molar-refractivity contribution is 0.0807. The van der Waals surface area contributed by atoms with Gasteiger partial charge in [0.1, 0.15) is 0 Å². The highest BCUT2D eigenvalue weighted by molar-refractivity contribution is 5.26. The van der Waals surface area contributed by atoms with Crippen LogP contribution >= 0.6 is 0 Å². The highest BCUT2D eigenvalue weighted by atomic mass is 16.5. The van der Waals surface area contributed by atoms with Crippen molar-refractivity contribution in [2.45, 2.75) is 31.3 Å². The fourth-order valence-electron chi connectivity index (χ4n) is 3.08. The molecule has 1 saturated heterocycles. The quantitative estimate of drug-likeness (QED) is 0.857. The molecule has 20 heavy (non-hydrogen) atoms. The van der Waals surface area contributed by atoms with E-state index in [4.69, 9.17) is 4.74 Å². The number of methoxy groups -OCH3 is 1. The molecule has 110 valence electrons. The average Bonchev–Trinajstić information content (AvgIpc) is 3.27. The van der Waals surface area contributed by atoms with E-state index in [2.05, 4.69) is 34.5 Å². The van der Waals surface area contributed by atoms with Crippen molar-refractivity contribution in [1.29, 1.82) is 0 Å². The molecule has 3 rings (SSSR count). The van der Waals surface area contributed by atoms with Gasteiger partial charge in [-0.2, -0.15) is 0 Å². The summed E-state index contributed by atoms with van der Waals surface area (Å²) in [5, 5.41) is 3.41. The maximum absolute atomic E-state index is 5.63. The standard InChI is InChI=1S/C17H26N2O/c1-20-17(6-7-17)14-16-4-2-3-15(13-16)5-10-19-11-8-18-9-12-19/h2-4,13,18H,5-12,14H2,1H3. The maximum Gasteiger partial charge on any atom is 0.0721 e. The van der Waals surface area contributed by atoms with Gasteiger partial charge in [-0.1, -0.05) is 24.3 Å². The topological polar surface area (TPSA) is 24.5 Å². The van der Waals surface area contributed by atoms with Gasteiger partial charge in [0.05, 0.1) is 5.60 Å². The first kappa shape index (κ1) is 14.1. The third-order valence-electron chi connectivity index (χ3n) is 4.68. The summed E-state index contributed by atoms with van der Waals surface area (Å²) >= 11 is 0. The summed E-state index contributed by atoms with van der Waals surface area (Å²) in [5.41, 5.74) is 3.06. The summed E-state index contributed by atoms with van der Waals surface area (Å²) in [6.45, 7) is 5.83. The Labute approximate surface area is 122 Å². The van der Waals surface area contributed by atoms with Crippen LogP contribution in [0.25, 0.3) is 0 Å². The normalized spacial score (nSPS) is 21.9.